The first kappa shape index (κ1) is 22.0. The molecular formula is C20H18Br2N4O4. The number of carbonyl (C=O) groups is 2. The van der Waals surface area contributed by atoms with Crippen molar-refractivity contribution in [2.24, 2.45) is 0 Å². The van der Waals surface area contributed by atoms with Crippen molar-refractivity contribution in [1.82, 2.24) is 20.8 Å². The lowest BCUT2D eigenvalue weighted by Crippen LogP contribution is -2.36. The lowest BCUT2D eigenvalue weighted by Gasteiger charge is -2.09. The third kappa shape index (κ3) is 6.14. The maximum atomic E-state index is 12.1. The average molecular weight is 538 g/mol. The molecule has 0 aliphatic heterocycles. The monoisotopic (exact) mass is 536 g/mol. The van der Waals surface area contributed by atoms with Gasteiger partial charge in [-0.15, -0.1) is 0 Å². The van der Waals surface area contributed by atoms with Gasteiger partial charge in [0, 0.05) is 23.1 Å². The SMILES string of the molecule is Cc1cccc(-c2noc(C(=O)NCCNC(=O)COc3ccc(Br)cc3Br)n2)c1. The van der Waals surface area contributed by atoms with Gasteiger partial charge in [-0.2, -0.15) is 4.98 Å². The van der Waals surface area contributed by atoms with E-state index in [2.05, 4.69) is 52.6 Å². The highest BCUT2D eigenvalue weighted by atomic mass is 79.9. The summed E-state index contributed by atoms with van der Waals surface area (Å²) in [5, 5.41) is 9.10. The number of benzene rings is 2. The number of hydrogen-bond acceptors (Lipinski definition) is 6. The molecule has 0 bridgehead atoms. The second-order valence-electron chi connectivity index (χ2n) is 6.26. The van der Waals surface area contributed by atoms with Crippen LogP contribution in [0.1, 0.15) is 16.2 Å². The first-order chi connectivity index (χ1) is 14.4. The van der Waals surface area contributed by atoms with Gasteiger partial charge in [0.1, 0.15) is 5.75 Å². The summed E-state index contributed by atoms with van der Waals surface area (Å²) in [7, 11) is 0. The Hall–Kier alpha value is -2.72. The molecule has 0 aliphatic rings. The quantitative estimate of drug-likeness (QED) is 0.426. The molecule has 2 N–H and O–H groups in total. The third-order valence-electron chi connectivity index (χ3n) is 3.88. The largest absolute Gasteiger partial charge is 0.483 e. The Labute approximate surface area is 189 Å². The number of rotatable bonds is 8. The van der Waals surface area contributed by atoms with Crippen LogP contribution >= 0.6 is 31.9 Å². The molecule has 0 saturated carbocycles. The molecule has 2 aromatic carbocycles. The summed E-state index contributed by atoms with van der Waals surface area (Å²) in [6.07, 6.45) is 0. The molecule has 2 amide bonds. The van der Waals surface area contributed by atoms with E-state index in [1.807, 2.05) is 43.3 Å². The minimum atomic E-state index is -0.509. The Balaban J connectivity index is 1.40. The molecule has 0 fully saturated rings. The van der Waals surface area contributed by atoms with E-state index in [1.165, 1.54) is 0 Å². The van der Waals surface area contributed by atoms with Crippen LogP contribution in [-0.2, 0) is 4.79 Å². The molecule has 1 aromatic heterocycles. The second-order valence-corrected chi connectivity index (χ2v) is 8.03. The van der Waals surface area contributed by atoms with E-state index in [0.717, 1.165) is 20.1 Å². The van der Waals surface area contributed by atoms with Crippen LogP contribution in [0, 0.1) is 6.92 Å². The van der Waals surface area contributed by atoms with Gasteiger partial charge in [0.2, 0.25) is 5.82 Å². The van der Waals surface area contributed by atoms with Crippen molar-refractivity contribution in [2.45, 2.75) is 6.92 Å². The van der Waals surface area contributed by atoms with Crippen molar-refractivity contribution in [1.29, 1.82) is 0 Å². The van der Waals surface area contributed by atoms with Gasteiger partial charge in [-0.3, -0.25) is 9.59 Å². The lowest BCUT2D eigenvalue weighted by molar-refractivity contribution is -0.123. The van der Waals surface area contributed by atoms with Gasteiger partial charge in [-0.25, -0.2) is 0 Å². The van der Waals surface area contributed by atoms with Gasteiger partial charge in [-0.05, 0) is 47.1 Å². The van der Waals surface area contributed by atoms with E-state index in [0.29, 0.717) is 11.6 Å². The van der Waals surface area contributed by atoms with Crippen LogP contribution < -0.4 is 15.4 Å². The van der Waals surface area contributed by atoms with Gasteiger partial charge in [0.05, 0.1) is 4.47 Å². The van der Waals surface area contributed by atoms with Crippen LogP contribution in [0.3, 0.4) is 0 Å². The number of aryl methyl sites for hydroxylation is 1. The maximum absolute atomic E-state index is 12.1. The Morgan fingerprint density at radius 1 is 1.10 bits per heavy atom. The normalized spacial score (nSPS) is 10.5. The molecule has 0 aliphatic carbocycles. The summed E-state index contributed by atoms with van der Waals surface area (Å²) in [6, 6.07) is 13.0. The van der Waals surface area contributed by atoms with Crippen LogP contribution in [0.4, 0.5) is 0 Å². The first-order valence-corrected chi connectivity index (χ1v) is 10.5. The zero-order valence-electron chi connectivity index (χ0n) is 15.9. The van der Waals surface area contributed by atoms with Gasteiger partial charge in [0.25, 0.3) is 5.91 Å². The summed E-state index contributed by atoms with van der Waals surface area (Å²) in [6.45, 7) is 2.25. The van der Waals surface area contributed by atoms with Crippen molar-refractivity contribution in [3.05, 3.63) is 62.9 Å². The fraction of sp³-hybridized carbons (Fsp3) is 0.200. The molecule has 156 valence electrons. The number of nitrogens with zero attached hydrogens (tertiary/aromatic N) is 2. The topological polar surface area (TPSA) is 106 Å². The first-order valence-electron chi connectivity index (χ1n) is 8.96. The van der Waals surface area contributed by atoms with E-state index in [9.17, 15) is 9.59 Å². The fourth-order valence-electron chi connectivity index (χ4n) is 2.46. The molecule has 1 heterocycles. The highest BCUT2D eigenvalue weighted by Gasteiger charge is 2.16. The molecule has 3 rings (SSSR count). The predicted molar refractivity (Wildman–Crippen MR) is 117 cm³/mol. The van der Waals surface area contributed by atoms with Crippen LogP contribution in [0.25, 0.3) is 11.4 Å². The van der Waals surface area contributed by atoms with Gasteiger partial charge < -0.3 is 19.9 Å². The summed E-state index contributed by atoms with van der Waals surface area (Å²) in [5.74, 6) is -0.0543. The maximum Gasteiger partial charge on any atom is 0.316 e. The number of aromatic nitrogens is 2. The van der Waals surface area contributed by atoms with Crippen LogP contribution in [0.15, 0.2) is 55.9 Å². The van der Waals surface area contributed by atoms with Crippen LogP contribution in [0.5, 0.6) is 5.75 Å². The van der Waals surface area contributed by atoms with Gasteiger partial charge in [-0.1, -0.05) is 44.8 Å². The summed E-state index contributed by atoms with van der Waals surface area (Å²) in [4.78, 5) is 28.1. The zero-order chi connectivity index (χ0) is 21.5. The molecule has 0 spiro atoms. The molecule has 0 atom stereocenters. The minimum Gasteiger partial charge on any atom is -0.483 e. The second kappa shape index (κ2) is 10.4. The summed E-state index contributed by atoms with van der Waals surface area (Å²) < 4.78 is 12.1. The molecule has 3 aromatic rings. The van der Waals surface area contributed by atoms with Gasteiger partial charge >= 0.3 is 11.8 Å². The van der Waals surface area contributed by atoms with Crippen molar-refractivity contribution in [3.63, 3.8) is 0 Å². The Morgan fingerprint density at radius 3 is 2.67 bits per heavy atom. The Bertz CT molecular complexity index is 1050. The lowest BCUT2D eigenvalue weighted by atomic mass is 10.1. The number of ether oxygens (including phenoxy) is 1. The van der Waals surface area contributed by atoms with E-state index in [4.69, 9.17) is 9.26 Å². The van der Waals surface area contributed by atoms with Crippen molar-refractivity contribution in [3.8, 4) is 17.1 Å². The molecule has 10 heteroatoms. The van der Waals surface area contributed by atoms with Crippen molar-refractivity contribution < 1.29 is 18.8 Å². The van der Waals surface area contributed by atoms with E-state index < -0.39 is 5.91 Å². The minimum absolute atomic E-state index is 0.138. The number of hydrogen-bond donors (Lipinski definition) is 2. The smallest absolute Gasteiger partial charge is 0.316 e. The highest BCUT2D eigenvalue weighted by Crippen LogP contribution is 2.28. The molecule has 0 saturated heterocycles. The van der Waals surface area contributed by atoms with E-state index in [-0.39, 0.29) is 31.5 Å². The van der Waals surface area contributed by atoms with Crippen molar-refractivity contribution in [2.75, 3.05) is 19.7 Å². The molecule has 0 unspecified atom stereocenters. The van der Waals surface area contributed by atoms with Crippen molar-refractivity contribution >= 4 is 43.7 Å². The standard InChI is InChI=1S/C20H18Br2N4O4/c1-12-3-2-4-13(9-12)18-25-20(30-26-18)19(28)24-8-7-23-17(27)11-29-16-6-5-14(21)10-15(16)22/h2-6,9-10H,7-8,11H2,1H3,(H,23,27)(H,24,28). The molecular weight excluding hydrogens is 520 g/mol. The average Bonchev–Trinajstić information content (AvgIpc) is 3.21. The third-order valence-corrected chi connectivity index (χ3v) is 4.99. The fourth-order valence-corrected chi connectivity index (χ4v) is 3.62. The van der Waals surface area contributed by atoms with Crippen LogP contribution in [-0.4, -0.2) is 41.7 Å². The number of halogens is 2. The number of nitrogens with one attached hydrogen (secondary N) is 2. The Morgan fingerprint density at radius 2 is 1.90 bits per heavy atom. The molecule has 30 heavy (non-hydrogen) atoms. The van der Waals surface area contributed by atoms with Crippen LogP contribution in [0.2, 0.25) is 0 Å². The van der Waals surface area contributed by atoms with E-state index in [1.54, 1.807) is 6.07 Å². The highest BCUT2D eigenvalue weighted by molar-refractivity contribution is 9.11. The summed E-state index contributed by atoms with van der Waals surface area (Å²) >= 11 is 6.71. The number of amides is 2. The Kier molecular flexibility index (Phi) is 7.58. The van der Waals surface area contributed by atoms with E-state index >= 15 is 0 Å². The molecule has 0 radical (unpaired) electrons. The predicted octanol–water partition coefficient (Wildman–Crippen LogP) is 3.50. The van der Waals surface area contributed by atoms with Gasteiger partial charge in [0.15, 0.2) is 6.61 Å². The zero-order valence-corrected chi connectivity index (χ0v) is 19.1. The number of carbonyl (C=O) groups excluding carboxylic acids is 2. The molecule has 8 nitrogen and oxygen atoms in total. The summed E-state index contributed by atoms with van der Waals surface area (Å²) in [5.41, 5.74) is 1.82.